The number of nitrogens with zero attached hydrogens (tertiary/aromatic N) is 4. The van der Waals surface area contributed by atoms with Crippen LogP contribution in [0.15, 0.2) is 65.8 Å². The first-order valence-corrected chi connectivity index (χ1v) is 12.6. The number of carbonyl (C=O) groups excluding carboxylic acids is 2. The lowest BCUT2D eigenvalue weighted by molar-refractivity contribution is -0.131. The fraction of sp³-hybridized carbons (Fsp3) is 0.379. The van der Waals surface area contributed by atoms with Crippen molar-refractivity contribution in [1.29, 1.82) is 0 Å². The summed E-state index contributed by atoms with van der Waals surface area (Å²) in [5, 5.41) is 1.11. The van der Waals surface area contributed by atoms with Crippen LogP contribution < -0.4 is 0 Å². The average Bonchev–Trinajstić information content (AvgIpc) is 3.58. The van der Waals surface area contributed by atoms with Crippen LogP contribution in [0.5, 0.6) is 0 Å². The Bertz CT molecular complexity index is 1340. The zero-order valence-electron chi connectivity index (χ0n) is 20.3. The highest BCUT2D eigenvalue weighted by Gasteiger charge is 2.43. The quantitative estimate of drug-likeness (QED) is 0.555. The van der Waals surface area contributed by atoms with Gasteiger partial charge < -0.3 is 4.90 Å². The molecule has 1 aromatic heterocycles. The Morgan fingerprint density at radius 2 is 1.74 bits per heavy atom. The third-order valence-corrected chi connectivity index (χ3v) is 7.44. The van der Waals surface area contributed by atoms with Crippen molar-refractivity contribution in [3.63, 3.8) is 0 Å². The summed E-state index contributed by atoms with van der Waals surface area (Å²) in [5.41, 5.74) is 3.27. The number of likely N-dealkylation sites (tertiary alicyclic amines) is 1. The summed E-state index contributed by atoms with van der Waals surface area (Å²) >= 11 is 0. The molecule has 3 aromatic rings. The summed E-state index contributed by atoms with van der Waals surface area (Å²) in [4.78, 5) is 39.0. The second-order valence-corrected chi connectivity index (χ2v) is 10.6. The molecule has 2 aromatic carbocycles. The van der Waals surface area contributed by atoms with Crippen LogP contribution in [0.25, 0.3) is 22.0 Å². The van der Waals surface area contributed by atoms with Gasteiger partial charge in [-0.2, -0.15) is 0 Å². The molecule has 0 radical (unpaired) electrons. The minimum absolute atomic E-state index is 0.0299. The molecule has 3 heterocycles. The van der Waals surface area contributed by atoms with Crippen molar-refractivity contribution >= 4 is 28.6 Å². The smallest absolute Gasteiger partial charge is 0.255 e. The minimum atomic E-state index is -0.779. The van der Waals surface area contributed by atoms with Crippen LogP contribution >= 0.6 is 0 Å². The zero-order chi connectivity index (χ0) is 24.2. The average molecular weight is 467 g/mol. The van der Waals surface area contributed by atoms with Gasteiger partial charge in [0.2, 0.25) is 5.91 Å². The fourth-order valence-corrected chi connectivity index (χ4v) is 5.26. The Balaban J connectivity index is 1.22. The largest absolute Gasteiger partial charge is 0.342 e. The molecule has 6 nitrogen and oxygen atoms in total. The number of hydrogen-bond donors (Lipinski definition) is 0. The summed E-state index contributed by atoms with van der Waals surface area (Å²) < 4.78 is 0. The number of amidine groups is 1. The Labute approximate surface area is 205 Å². The number of pyridine rings is 1. The van der Waals surface area contributed by atoms with Crippen LogP contribution in [-0.4, -0.2) is 57.6 Å². The number of aromatic nitrogens is 1. The monoisotopic (exact) mass is 466 g/mol. The SMILES string of the molecule is CC1(C)N=C(c2ccc(-c3cnc4ccccc4c3)cc2)N(CC2CCN(C(=O)C3CC3)C2)C1=O. The molecule has 0 N–H and O–H groups in total. The third kappa shape index (κ3) is 4.11. The summed E-state index contributed by atoms with van der Waals surface area (Å²) in [6, 6.07) is 18.5. The van der Waals surface area contributed by atoms with E-state index in [1.807, 2.05) is 60.2 Å². The molecule has 1 saturated carbocycles. The summed E-state index contributed by atoms with van der Waals surface area (Å²) in [6.07, 6.45) is 4.89. The molecule has 2 amide bonds. The lowest BCUT2D eigenvalue weighted by atomic mass is 10.0. The van der Waals surface area contributed by atoms with Gasteiger partial charge in [-0.1, -0.05) is 42.5 Å². The molecule has 1 atom stereocenters. The maximum atomic E-state index is 13.3. The molecular formula is C29H30N4O2. The number of rotatable bonds is 5. The molecule has 1 unspecified atom stereocenters. The molecule has 35 heavy (non-hydrogen) atoms. The molecule has 6 heteroatoms. The van der Waals surface area contributed by atoms with Gasteiger partial charge in [-0.15, -0.1) is 0 Å². The van der Waals surface area contributed by atoms with Gasteiger partial charge in [0.1, 0.15) is 11.4 Å². The Morgan fingerprint density at radius 3 is 2.51 bits per heavy atom. The lowest BCUT2D eigenvalue weighted by Crippen LogP contribution is -2.42. The number of carbonyl (C=O) groups is 2. The van der Waals surface area contributed by atoms with E-state index in [-0.39, 0.29) is 17.7 Å². The van der Waals surface area contributed by atoms with E-state index in [1.54, 1.807) is 0 Å². The normalized spacial score (nSPS) is 21.6. The zero-order valence-corrected chi connectivity index (χ0v) is 20.3. The highest BCUT2D eigenvalue weighted by molar-refractivity contribution is 6.15. The van der Waals surface area contributed by atoms with Gasteiger partial charge >= 0.3 is 0 Å². The molecule has 178 valence electrons. The lowest BCUT2D eigenvalue weighted by Gasteiger charge is -2.24. The first-order valence-electron chi connectivity index (χ1n) is 12.6. The van der Waals surface area contributed by atoms with Crippen LogP contribution in [0.2, 0.25) is 0 Å². The molecule has 2 fully saturated rings. The van der Waals surface area contributed by atoms with Crippen molar-refractivity contribution in [2.24, 2.45) is 16.8 Å². The predicted molar refractivity (Wildman–Crippen MR) is 137 cm³/mol. The molecule has 6 rings (SSSR count). The molecule has 3 aliphatic rings. The number of para-hydroxylation sites is 1. The van der Waals surface area contributed by atoms with E-state index in [0.29, 0.717) is 12.5 Å². The van der Waals surface area contributed by atoms with E-state index in [0.717, 1.165) is 65.8 Å². The number of benzene rings is 2. The first-order chi connectivity index (χ1) is 16.9. The highest BCUT2D eigenvalue weighted by Crippen LogP contribution is 2.34. The second kappa shape index (κ2) is 8.29. The van der Waals surface area contributed by atoms with Gasteiger partial charge in [0.15, 0.2) is 0 Å². The van der Waals surface area contributed by atoms with Crippen molar-refractivity contribution in [3.05, 3.63) is 66.4 Å². The molecule has 2 aliphatic heterocycles. The molecule has 0 spiro atoms. The first kappa shape index (κ1) is 22.0. The van der Waals surface area contributed by atoms with E-state index in [4.69, 9.17) is 4.99 Å². The van der Waals surface area contributed by atoms with Crippen LogP contribution in [0, 0.1) is 11.8 Å². The van der Waals surface area contributed by atoms with Gasteiger partial charge in [0.05, 0.1) is 5.52 Å². The summed E-state index contributed by atoms with van der Waals surface area (Å²) in [5.74, 6) is 1.59. The number of fused-ring (bicyclic) bond motifs is 1. The Hall–Kier alpha value is -3.54. The van der Waals surface area contributed by atoms with E-state index in [2.05, 4.69) is 29.2 Å². The Morgan fingerprint density at radius 1 is 1.00 bits per heavy atom. The van der Waals surface area contributed by atoms with Crippen molar-refractivity contribution in [2.75, 3.05) is 19.6 Å². The van der Waals surface area contributed by atoms with Gasteiger partial charge in [-0.05, 0) is 56.7 Å². The predicted octanol–water partition coefficient (Wildman–Crippen LogP) is 4.53. The van der Waals surface area contributed by atoms with Crippen molar-refractivity contribution < 1.29 is 9.59 Å². The molecule has 1 aliphatic carbocycles. The molecule has 0 bridgehead atoms. The molecule has 1 saturated heterocycles. The van der Waals surface area contributed by atoms with Crippen molar-refractivity contribution in [2.45, 2.75) is 38.6 Å². The summed E-state index contributed by atoms with van der Waals surface area (Å²) in [7, 11) is 0. The van der Waals surface area contributed by atoms with Crippen molar-refractivity contribution in [3.8, 4) is 11.1 Å². The minimum Gasteiger partial charge on any atom is -0.342 e. The van der Waals surface area contributed by atoms with Gasteiger partial charge in [0, 0.05) is 48.3 Å². The second-order valence-electron chi connectivity index (χ2n) is 10.6. The van der Waals surface area contributed by atoms with Crippen LogP contribution in [-0.2, 0) is 9.59 Å². The van der Waals surface area contributed by atoms with E-state index in [1.165, 1.54) is 0 Å². The number of amides is 2. The standard InChI is InChI=1S/C29H30N4O2/c1-29(2)28(35)33(18-19-13-14-32(17-19)27(34)22-11-12-22)26(31-29)21-9-7-20(8-10-21)24-15-23-5-3-4-6-25(23)30-16-24/h3-10,15-16,19,22H,11-14,17-18H2,1-2H3. The fourth-order valence-electron chi connectivity index (χ4n) is 5.26. The van der Waals surface area contributed by atoms with Gasteiger partial charge in [-0.25, -0.2) is 0 Å². The Kier molecular flexibility index (Phi) is 5.20. The maximum absolute atomic E-state index is 13.3. The number of aliphatic imine (C=N–C) groups is 1. The summed E-state index contributed by atoms with van der Waals surface area (Å²) in [6.45, 7) is 5.89. The van der Waals surface area contributed by atoms with E-state index < -0.39 is 5.54 Å². The van der Waals surface area contributed by atoms with Gasteiger partial charge in [0.25, 0.3) is 5.91 Å². The van der Waals surface area contributed by atoms with E-state index >= 15 is 0 Å². The third-order valence-electron chi connectivity index (χ3n) is 7.44. The van der Waals surface area contributed by atoms with Crippen molar-refractivity contribution in [1.82, 2.24) is 14.8 Å². The van der Waals surface area contributed by atoms with Crippen LogP contribution in [0.1, 0.15) is 38.7 Å². The maximum Gasteiger partial charge on any atom is 0.255 e. The topological polar surface area (TPSA) is 65.9 Å². The van der Waals surface area contributed by atoms with E-state index in [9.17, 15) is 9.59 Å². The molecular weight excluding hydrogens is 436 g/mol. The van der Waals surface area contributed by atoms with Gasteiger partial charge in [-0.3, -0.25) is 24.5 Å². The number of hydrogen-bond acceptors (Lipinski definition) is 4. The van der Waals surface area contributed by atoms with Crippen LogP contribution in [0.4, 0.5) is 0 Å². The highest BCUT2D eigenvalue weighted by atomic mass is 16.2. The van der Waals surface area contributed by atoms with Crippen LogP contribution in [0.3, 0.4) is 0 Å².